The van der Waals surface area contributed by atoms with Gasteiger partial charge in [0.1, 0.15) is 17.6 Å². The standard InChI is InChI=1S/C23H26FIN2O3/c1-16(23(29)26-20-4-2-3-5-20)27(14-17-6-8-18(24)9-7-17)22(28)15-30-21-12-10-19(25)11-13-21/h6-13,16,20H,2-5,14-15H2,1H3,(H,26,29)/t16-/m0/s1. The molecule has 1 N–H and O–H groups in total. The highest BCUT2D eigenvalue weighted by Crippen LogP contribution is 2.19. The van der Waals surface area contributed by atoms with Crippen LogP contribution in [-0.4, -0.2) is 35.4 Å². The summed E-state index contributed by atoms with van der Waals surface area (Å²) >= 11 is 2.20. The second-order valence-corrected chi connectivity index (χ2v) is 8.80. The number of nitrogens with one attached hydrogen (secondary N) is 1. The van der Waals surface area contributed by atoms with Gasteiger partial charge in [0.15, 0.2) is 6.61 Å². The van der Waals surface area contributed by atoms with Crippen molar-refractivity contribution >= 4 is 34.4 Å². The maximum Gasteiger partial charge on any atom is 0.261 e. The lowest BCUT2D eigenvalue weighted by atomic mass is 10.1. The molecule has 1 atom stereocenters. The molecule has 7 heteroatoms. The topological polar surface area (TPSA) is 58.6 Å². The molecule has 2 aromatic carbocycles. The van der Waals surface area contributed by atoms with Crippen LogP contribution in [0.2, 0.25) is 0 Å². The van der Waals surface area contributed by atoms with E-state index in [9.17, 15) is 14.0 Å². The number of nitrogens with zero attached hydrogens (tertiary/aromatic N) is 1. The predicted octanol–water partition coefficient (Wildman–Crippen LogP) is 4.29. The van der Waals surface area contributed by atoms with E-state index in [0.29, 0.717) is 5.75 Å². The first kappa shape index (κ1) is 22.5. The van der Waals surface area contributed by atoms with Gasteiger partial charge in [-0.3, -0.25) is 9.59 Å². The van der Waals surface area contributed by atoms with Crippen molar-refractivity contribution in [1.82, 2.24) is 10.2 Å². The Kier molecular flexibility index (Phi) is 8.07. The number of rotatable bonds is 8. The number of hydrogen-bond acceptors (Lipinski definition) is 3. The molecule has 0 unspecified atom stereocenters. The van der Waals surface area contributed by atoms with Crippen molar-refractivity contribution in [3.8, 4) is 5.75 Å². The first-order valence-corrected chi connectivity index (χ1v) is 11.2. The number of halogens is 2. The number of amides is 2. The average molecular weight is 524 g/mol. The zero-order valence-corrected chi connectivity index (χ0v) is 19.1. The number of carbonyl (C=O) groups is 2. The fourth-order valence-electron chi connectivity index (χ4n) is 3.52. The van der Waals surface area contributed by atoms with Gasteiger partial charge < -0.3 is 15.0 Å². The maximum absolute atomic E-state index is 13.3. The highest BCUT2D eigenvalue weighted by molar-refractivity contribution is 14.1. The van der Waals surface area contributed by atoms with Crippen LogP contribution in [0.3, 0.4) is 0 Å². The molecule has 2 aromatic rings. The van der Waals surface area contributed by atoms with Gasteiger partial charge >= 0.3 is 0 Å². The van der Waals surface area contributed by atoms with Crippen LogP contribution < -0.4 is 10.1 Å². The Morgan fingerprint density at radius 2 is 1.77 bits per heavy atom. The molecule has 1 saturated carbocycles. The second-order valence-electron chi connectivity index (χ2n) is 7.56. The van der Waals surface area contributed by atoms with Crippen molar-refractivity contribution in [2.45, 2.75) is 51.2 Å². The first-order valence-electron chi connectivity index (χ1n) is 10.1. The third-order valence-corrected chi connectivity index (χ3v) is 6.03. The van der Waals surface area contributed by atoms with Gasteiger partial charge in [-0.15, -0.1) is 0 Å². The Labute approximate surface area is 190 Å². The van der Waals surface area contributed by atoms with E-state index in [-0.39, 0.29) is 36.8 Å². The quantitative estimate of drug-likeness (QED) is 0.525. The molecular weight excluding hydrogens is 498 g/mol. The van der Waals surface area contributed by atoms with Crippen LogP contribution in [0, 0.1) is 9.39 Å². The second kappa shape index (κ2) is 10.7. The van der Waals surface area contributed by atoms with E-state index < -0.39 is 6.04 Å². The summed E-state index contributed by atoms with van der Waals surface area (Å²) in [7, 11) is 0. The van der Waals surface area contributed by atoms with Gasteiger partial charge in [0.25, 0.3) is 5.91 Å². The molecule has 0 saturated heterocycles. The molecule has 1 aliphatic carbocycles. The summed E-state index contributed by atoms with van der Waals surface area (Å²) in [6.45, 7) is 1.74. The van der Waals surface area contributed by atoms with E-state index in [4.69, 9.17) is 4.74 Å². The van der Waals surface area contributed by atoms with Gasteiger partial charge in [0, 0.05) is 16.2 Å². The molecular formula is C23H26FIN2O3. The van der Waals surface area contributed by atoms with Gasteiger partial charge in [-0.25, -0.2) is 4.39 Å². The zero-order valence-electron chi connectivity index (χ0n) is 16.9. The molecule has 160 valence electrons. The Morgan fingerprint density at radius 3 is 2.40 bits per heavy atom. The van der Waals surface area contributed by atoms with E-state index in [1.165, 1.54) is 17.0 Å². The third-order valence-electron chi connectivity index (χ3n) is 5.31. The van der Waals surface area contributed by atoms with E-state index >= 15 is 0 Å². The SMILES string of the molecule is C[C@@H](C(=O)NC1CCCC1)N(Cc1ccc(F)cc1)C(=O)COc1ccc(I)cc1. The van der Waals surface area contributed by atoms with Crippen LogP contribution >= 0.6 is 22.6 Å². The van der Waals surface area contributed by atoms with Crippen LogP contribution in [0.25, 0.3) is 0 Å². The monoisotopic (exact) mass is 524 g/mol. The minimum Gasteiger partial charge on any atom is -0.484 e. The molecule has 0 aromatic heterocycles. The molecule has 0 spiro atoms. The Hall–Kier alpha value is -2.16. The molecule has 0 aliphatic heterocycles. The average Bonchev–Trinajstić information content (AvgIpc) is 3.25. The summed E-state index contributed by atoms with van der Waals surface area (Å²) in [6.07, 6.45) is 4.17. The Bertz CT molecular complexity index is 852. The summed E-state index contributed by atoms with van der Waals surface area (Å²) < 4.78 is 20.0. The van der Waals surface area contributed by atoms with Crippen molar-refractivity contribution in [2.75, 3.05) is 6.61 Å². The van der Waals surface area contributed by atoms with Gasteiger partial charge in [-0.1, -0.05) is 25.0 Å². The van der Waals surface area contributed by atoms with Crippen LogP contribution in [0.15, 0.2) is 48.5 Å². The third kappa shape index (κ3) is 6.42. The zero-order chi connectivity index (χ0) is 21.5. The number of hydrogen-bond donors (Lipinski definition) is 1. The van der Waals surface area contributed by atoms with Crippen molar-refractivity contribution in [1.29, 1.82) is 0 Å². The van der Waals surface area contributed by atoms with Crippen LogP contribution in [-0.2, 0) is 16.1 Å². The summed E-state index contributed by atoms with van der Waals surface area (Å²) in [5.41, 5.74) is 0.750. The molecule has 5 nitrogen and oxygen atoms in total. The Balaban J connectivity index is 1.69. The van der Waals surface area contributed by atoms with E-state index in [0.717, 1.165) is 34.8 Å². The van der Waals surface area contributed by atoms with Crippen LogP contribution in [0.1, 0.15) is 38.2 Å². The fraction of sp³-hybridized carbons (Fsp3) is 0.391. The van der Waals surface area contributed by atoms with Gasteiger partial charge in [0.05, 0.1) is 0 Å². The lowest BCUT2D eigenvalue weighted by Gasteiger charge is -2.29. The summed E-state index contributed by atoms with van der Waals surface area (Å²) in [5.74, 6) is -0.224. The van der Waals surface area contributed by atoms with Crippen LogP contribution in [0.5, 0.6) is 5.75 Å². The summed E-state index contributed by atoms with van der Waals surface area (Å²) in [5, 5.41) is 3.05. The highest BCUT2D eigenvalue weighted by Gasteiger charge is 2.28. The molecule has 1 aliphatic rings. The van der Waals surface area contributed by atoms with E-state index in [1.54, 1.807) is 31.2 Å². The minimum atomic E-state index is -0.663. The van der Waals surface area contributed by atoms with Crippen molar-refractivity contribution in [2.24, 2.45) is 0 Å². The molecule has 2 amide bonds. The van der Waals surface area contributed by atoms with Gasteiger partial charge in [-0.2, -0.15) is 0 Å². The fourth-order valence-corrected chi connectivity index (χ4v) is 3.88. The van der Waals surface area contributed by atoms with Gasteiger partial charge in [-0.05, 0) is 84.3 Å². The molecule has 0 bridgehead atoms. The lowest BCUT2D eigenvalue weighted by Crippen LogP contribution is -2.50. The smallest absolute Gasteiger partial charge is 0.261 e. The summed E-state index contributed by atoms with van der Waals surface area (Å²) in [6, 6.07) is 12.9. The molecule has 1 fully saturated rings. The predicted molar refractivity (Wildman–Crippen MR) is 121 cm³/mol. The normalized spacial score (nSPS) is 14.9. The highest BCUT2D eigenvalue weighted by atomic mass is 127. The Morgan fingerprint density at radius 1 is 1.13 bits per heavy atom. The number of benzene rings is 2. The summed E-state index contributed by atoms with van der Waals surface area (Å²) in [4.78, 5) is 27.3. The van der Waals surface area contributed by atoms with Crippen molar-refractivity contribution in [3.05, 3.63) is 63.5 Å². The number of ether oxygens (including phenoxy) is 1. The van der Waals surface area contributed by atoms with Crippen molar-refractivity contribution < 1.29 is 18.7 Å². The maximum atomic E-state index is 13.3. The van der Waals surface area contributed by atoms with E-state index in [2.05, 4.69) is 27.9 Å². The molecule has 30 heavy (non-hydrogen) atoms. The molecule has 3 rings (SSSR count). The molecule has 0 radical (unpaired) electrons. The van der Waals surface area contributed by atoms with Crippen LogP contribution in [0.4, 0.5) is 4.39 Å². The largest absolute Gasteiger partial charge is 0.484 e. The number of carbonyl (C=O) groups excluding carboxylic acids is 2. The van der Waals surface area contributed by atoms with Crippen molar-refractivity contribution in [3.63, 3.8) is 0 Å². The van der Waals surface area contributed by atoms with Gasteiger partial charge in [0.2, 0.25) is 5.91 Å². The minimum absolute atomic E-state index is 0.172. The lowest BCUT2D eigenvalue weighted by molar-refractivity contribution is -0.142. The molecule has 0 heterocycles. The van der Waals surface area contributed by atoms with E-state index in [1.807, 2.05) is 12.1 Å². The first-order chi connectivity index (χ1) is 14.4.